The van der Waals surface area contributed by atoms with Crippen LogP contribution in [0.25, 0.3) is 27.1 Å². The summed E-state index contributed by atoms with van der Waals surface area (Å²) in [7, 11) is 0. The number of aromatic nitrogens is 2. The SMILES string of the molecule is [C-]#[N+]CNc1ccc2c(OC(C)C)cc(-c3csc(NC(C)C)n3)nc2c1. The van der Waals surface area contributed by atoms with Crippen molar-refractivity contribution >= 4 is 33.1 Å². The second-order valence-corrected chi connectivity index (χ2v) is 7.59. The Morgan fingerprint density at radius 3 is 2.67 bits per heavy atom. The molecule has 0 saturated carbocycles. The van der Waals surface area contributed by atoms with Gasteiger partial charge in [0.1, 0.15) is 11.4 Å². The number of hydrogen-bond donors (Lipinski definition) is 2. The van der Waals surface area contributed by atoms with E-state index < -0.39 is 0 Å². The third-order valence-corrected chi connectivity index (χ3v) is 4.45. The maximum atomic E-state index is 6.94. The molecule has 0 fully saturated rings. The third-order valence-electron chi connectivity index (χ3n) is 3.68. The number of hydrogen-bond acceptors (Lipinski definition) is 6. The van der Waals surface area contributed by atoms with E-state index in [0.29, 0.717) is 6.04 Å². The Balaban J connectivity index is 2.06. The minimum Gasteiger partial charge on any atom is -0.490 e. The predicted octanol–water partition coefficient (Wildman–Crippen LogP) is 5.25. The molecule has 27 heavy (non-hydrogen) atoms. The van der Waals surface area contributed by atoms with Gasteiger partial charge < -0.3 is 15.4 Å². The summed E-state index contributed by atoms with van der Waals surface area (Å²) in [5.74, 6) is 0.785. The maximum Gasteiger partial charge on any atom is 0.287 e. The first-order valence-corrected chi connectivity index (χ1v) is 9.75. The Morgan fingerprint density at radius 1 is 1.15 bits per heavy atom. The van der Waals surface area contributed by atoms with Crippen molar-refractivity contribution in [1.29, 1.82) is 0 Å². The molecular formula is C20H23N5OS. The van der Waals surface area contributed by atoms with Crippen molar-refractivity contribution in [2.75, 3.05) is 17.3 Å². The van der Waals surface area contributed by atoms with E-state index >= 15 is 0 Å². The highest BCUT2D eigenvalue weighted by molar-refractivity contribution is 7.14. The number of rotatable bonds is 7. The standard InChI is InChI=1S/C20H23N5OS/c1-12(2)23-20-25-18(10-27-20)17-9-19(26-13(3)4)15-7-6-14(22-11-21-5)8-16(15)24-17/h6-10,12-13,22H,11H2,1-4H3,(H,23,25). The third kappa shape index (κ3) is 4.66. The number of pyridine rings is 1. The monoisotopic (exact) mass is 381 g/mol. The highest BCUT2D eigenvalue weighted by Crippen LogP contribution is 2.33. The Morgan fingerprint density at radius 2 is 1.96 bits per heavy atom. The molecule has 3 aromatic rings. The molecule has 7 heteroatoms. The summed E-state index contributed by atoms with van der Waals surface area (Å²) in [6, 6.07) is 8.13. The van der Waals surface area contributed by atoms with E-state index in [-0.39, 0.29) is 12.8 Å². The van der Waals surface area contributed by atoms with Crippen molar-refractivity contribution in [2.24, 2.45) is 0 Å². The van der Waals surface area contributed by atoms with E-state index in [9.17, 15) is 0 Å². The van der Waals surface area contributed by atoms with E-state index in [1.54, 1.807) is 11.3 Å². The van der Waals surface area contributed by atoms with Crippen LogP contribution in [0.4, 0.5) is 10.8 Å². The van der Waals surface area contributed by atoms with E-state index in [2.05, 4.69) is 34.3 Å². The van der Waals surface area contributed by atoms with Gasteiger partial charge in [0, 0.05) is 28.6 Å². The zero-order valence-corrected chi connectivity index (χ0v) is 16.7. The van der Waals surface area contributed by atoms with Crippen LogP contribution in [-0.4, -0.2) is 28.8 Å². The average molecular weight is 382 g/mol. The summed E-state index contributed by atoms with van der Waals surface area (Å²) in [5, 5.41) is 10.2. The van der Waals surface area contributed by atoms with Crippen LogP contribution in [0.3, 0.4) is 0 Å². The van der Waals surface area contributed by atoms with Crippen molar-refractivity contribution < 1.29 is 4.74 Å². The van der Waals surface area contributed by atoms with Gasteiger partial charge in [-0.3, -0.25) is 4.85 Å². The number of ether oxygens (including phenoxy) is 1. The molecule has 0 aliphatic carbocycles. The summed E-state index contributed by atoms with van der Waals surface area (Å²) >= 11 is 1.56. The van der Waals surface area contributed by atoms with Gasteiger partial charge in [-0.2, -0.15) is 0 Å². The van der Waals surface area contributed by atoms with Gasteiger partial charge in [-0.25, -0.2) is 16.5 Å². The molecule has 6 nitrogen and oxygen atoms in total. The van der Waals surface area contributed by atoms with Crippen LogP contribution in [0, 0.1) is 6.57 Å². The minimum atomic E-state index is 0.0527. The lowest BCUT2D eigenvalue weighted by Gasteiger charge is -2.14. The molecule has 0 amide bonds. The molecule has 3 rings (SSSR count). The largest absolute Gasteiger partial charge is 0.490 e. The fourth-order valence-corrected chi connectivity index (χ4v) is 3.48. The lowest BCUT2D eigenvalue weighted by Crippen LogP contribution is -2.09. The molecule has 0 unspecified atom stereocenters. The Hall–Kier alpha value is -2.85. The molecule has 2 aromatic heterocycles. The first-order chi connectivity index (χ1) is 13.0. The first kappa shape index (κ1) is 18.9. The van der Waals surface area contributed by atoms with E-state index in [0.717, 1.165) is 38.9 Å². The van der Waals surface area contributed by atoms with Gasteiger partial charge in [-0.15, -0.1) is 11.3 Å². The summed E-state index contributed by atoms with van der Waals surface area (Å²) in [6.07, 6.45) is 0.0527. The van der Waals surface area contributed by atoms with Gasteiger partial charge in [0.05, 0.1) is 17.3 Å². The predicted molar refractivity (Wildman–Crippen MR) is 112 cm³/mol. The molecule has 140 valence electrons. The van der Waals surface area contributed by atoms with Gasteiger partial charge >= 0.3 is 0 Å². The van der Waals surface area contributed by atoms with Crippen LogP contribution in [0.5, 0.6) is 5.75 Å². The van der Waals surface area contributed by atoms with Gasteiger partial charge in [-0.05, 0) is 45.9 Å². The van der Waals surface area contributed by atoms with Crippen molar-refractivity contribution in [1.82, 2.24) is 9.97 Å². The minimum absolute atomic E-state index is 0.0527. The van der Waals surface area contributed by atoms with Crippen LogP contribution >= 0.6 is 11.3 Å². The second kappa shape index (κ2) is 8.23. The van der Waals surface area contributed by atoms with Crippen LogP contribution in [0.1, 0.15) is 27.7 Å². The zero-order chi connectivity index (χ0) is 19.4. The normalized spacial score (nSPS) is 11.0. The fraction of sp³-hybridized carbons (Fsp3) is 0.350. The van der Waals surface area contributed by atoms with Crippen LogP contribution in [0.15, 0.2) is 29.6 Å². The molecule has 2 N–H and O–H groups in total. The van der Waals surface area contributed by atoms with Gasteiger partial charge in [-0.1, -0.05) is 0 Å². The lowest BCUT2D eigenvalue weighted by atomic mass is 10.1. The Bertz CT molecular complexity index is 974. The molecular weight excluding hydrogens is 358 g/mol. The smallest absolute Gasteiger partial charge is 0.287 e. The Labute approximate surface area is 163 Å². The van der Waals surface area contributed by atoms with Crippen LogP contribution in [-0.2, 0) is 0 Å². The number of thiazole rings is 1. The van der Waals surface area contributed by atoms with Crippen molar-refractivity contribution in [3.8, 4) is 17.1 Å². The van der Waals surface area contributed by atoms with Crippen LogP contribution in [0.2, 0.25) is 0 Å². The van der Waals surface area contributed by atoms with E-state index in [4.69, 9.17) is 16.3 Å². The molecule has 2 heterocycles. The second-order valence-electron chi connectivity index (χ2n) is 6.73. The maximum absolute atomic E-state index is 6.94. The molecule has 0 radical (unpaired) electrons. The highest BCUT2D eigenvalue weighted by Gasteiger charge is 2.13. The lowest BCUT2D eigenvalue weighted by molar-refractivity contribution is 0.245. The molecule has 0 atom stereocenters. The molecule has 0 bridgehead atoms. The van der Waals surface area contributed by atoms with Crippen molar-refractivity contribution in [3.05, 3.63) is 41.1 Å². The Kier molecular flexibility index (Phi) is 5.77. The van der Waals surface area contributed by atoms with Crippen molar-refractivity contribution in [3.63, 3.8) is 0 Å². The zero-order valence-electron chi connectivity index (χ0n) is 15.9. The molecule has 0 aliphatic rings. The molecule has 0 spiro atoms. The number of nitrogens with zero attached hydrogens (tertiary/aromatic N) is 3. The highest BCUT2D eigenvalue weighted by atomic mass is 32.1. The molecule has 0 aliphatic heterocycles. The summed E-state index contributed by atoms with van der Waals surface area (Å²) in [4.78, 5) is 12.8. The quantitative estimate of drug-likeness (QED) is 0.547. The first-order valence-electron chi connectivity index (χ1n) is 8.87. The summed E-state index contributed by atoms with van der Waals surface area (Å²) in [5.41, 5.74) is 3.26. The van der Waals surface area contributed by atoms with E-state index in [1.165, 1.54) is 0 Å². The number of benzene rings is 1. The fourth-order valence-electron chi connectivity index (χ4n) is 2.62. The summed E-state index contributed by atoms with van der Waals surface area (Å²) in [6.45, 7) is 15.3. The van der Waals surface area contributed by atoms with Gasteiger partial charge in [0.2, 0.25) is 0 Å². The average Bonchev–Trinajstić information content (AvgIpc) is 3.06. The topological polar surface area (TPSA) is 63.4 Å². The molecule has 1 aromatic carbocycles. The summed E-state index contributed by atoms with van der Waals surface area (Å²) < 4.78 is 6.03. The van der Waals surface area contributed by atoms with Gasteiger partial charge in [0.15, 0.2) is 5.13 Å². The van der Waals surface area contributed by atoms with Crippen LogP contribution < -0.4 is 15.4 Å². The van der Waals surface area contributed by atoms with E-state index in [1.807, 2.05) is 43.5 Å². The van der Waals surface area contributed by atoms with Crippen molar-refractivity contribution in [2.45, 2.75) is 39.8 Å². The number of fused-ring (bicyclic) bond motifs is 1. The number of nitrogens with one attached hydrogen (secondary N) is 2. The molecule has 0 saturated heterocycles. The number of anilines is 2. The van der Waals surface area contributed by atoms with Gasteiger partial charge in [0.25, 0.3) is 6.67 Å².